The molecule has 1 aliphatic rings. The third kappa shape index (κ3) is 4.96. The molecule has 0 saturated heterocycles. The van der Waals surface area contributed by atoms with Crippen molar-refractivity contribution in [3.63, 3.8) is 0 Å². The van der Waals surface area contributed by atoms with Gasteiger partial charge in [-0.15, -0.1) is 0 Å². The third-order valence-corrected chi connectivity index (χ3v) is 3.64. The van der Waals surface area contributed by atoms with E-state index in [1.54, 1.807) is 0 Å². The van der Waals surface area contributed by atoms with Crippen molar-refractivity contribution >= 4 is 0 Å². The van der Waals surface area contributed by atoms with Crippen molar-refractivity contribution in [3.8, 4) is 11.8 Å². The van der Waals surface area contributed by atoms with Gasteiger partial charge in [0.05, 0.1) is 13.2 Å². The van der Waals surface area contributed by atoms with E-state index in [0.29, 0.717) is 18.1 Å². The molecule has 0 amide bonds. The van der Waals surface area contributed by atoms with Crippen LogP contribution < -0.4 is 5.73 Å². The van der Waals surface area contributed by atoms with E-state index in [1.165, 1.54) is 44.2 Å². The predicted octanol–water partition coefficient (Wildman–Crippen LogP) is 3.23. The SMILES string of the molecule is NCC#Cc1cc(F)cc(COCC2CCCCC2)c1. The molecule has 0 aromatic heterocycles. The van der Waals surface area contributed by atoms with Crippen LogP contribution in [0.15, 0.2) is 18.2 Å². The Bertz CT molecular complexity index is 483. The smallest absolute Gasteiger partial charge is 0.124 e. The van der Waals surface area contributed by atoms with Gasteiger partial charge >= 0.3 is 0 Å². The summed E-state index contributed by atoms with van der Waals surface area (Å²) in [5.41, 5.74) is 6.82. The van der Waals surface area contributed by atoms with Crippen molar-refractivity contribution in [2.75, 3.05) is 13.2 Å². The van der Waals surface area contributed by atoms with Gasteiger partial charge in [0.1, 0.15) is 5.82 Å². The van der Waals surface area contributed by atoms with Crippen LogP contribution in [0.4, 0.5) is 4.39 Å². The topological polar surface area (TPSA) is 35.2 Å². The second kappa shape index (κ2) is 8.04. The molecule has 0 bridgehead atoms. The van der Waals surface area contributed by atoms with Crippen molar-refractivity contribution in [1.82, 2.24) is 0 Å². The van der Waals surface area contributed by atoms with E-state index >= 15 is 0 Å². The Balaban J connectivity index is 1.86. The summed E-state index contributed by atoms with van der Waals surface area (Å²) in [7, 11) is 0. The lowest BCUT2D eigenvalue weighted by Gasteiger charge is -2.21. The summed E-state index contributed by atoms with van der Waals surface area (Å²) in [4.78, 5) is 0. The first-order valence-corrected chi connectivity index (χ1v) is 7.34. The lowest BCUT2D eigenvalue weighted by Crippen LogP contribution is -2.13. The van der Waals surface area contributed by atoms with Crippen LogP contribution in [0.5, 0.6) is 0 Å². The van der Waals surface area contributed by atoms with Gasteiger partial charge in [-0.1, -0.05) is 31.1 Å². The van der Waals surface area contributed by atoms with Gasteiger partial charge in [-0.25, -0.2) is 4.39 Å². The first-order chi connectivity index (χ1) is 9.78. The molecule has 0 atom stereocenters. The molecule has 1 fully saturated rings. The molecule has 1 aromatic rings. The van der Waals surface area contributed by atoms with E-state index in [1.807, 2.05) is 6.07 Å². The highest BCUT2D eigenvalue weighted by atomic mass is 19.1. The zero-order valence-electron chi connectivity index (χ0n) is 11.8. The molecule has 20 heavy (non-hydrogen) atoms. The van der Waals surface area contributed by atoms with Crippen LogP contribution in [0.2, 0.25) is 0 Å². The molecule has 0 unspecified atom stereocenters. The molecule has 0 heterocycles. The van der Waals surface area contributed by atoms with Crippen LogP contribution in [0.1, 0.15) is 43.2 Å². The van der Waals surface area contributed by atoms with E-state index in [0.717, 1.165) is 12.2 Å². The Labute approximate surface area is 120 Å². The maximum atomic E-state index is 13.5. The van der Waals surface area contributed by atoms with Gasteiger partial charge in [0.15, 0.2) is 0 Å². The van der Waals surface area contributed by atoms with Crippen LogP contribution >= 0.6 is 0 Å². The standard InChI is InChI=1S/C17H22FNO/c18-17-10-15(7-4-8-19)9-16(11-17)13-20-12-14-5-2-1-3-6-14/h9-11,14H,1-3,5-6,8,12-13,19H2. The van der Waals surface area contributed by atoms with E-state index in [-0.39, 0.29) is 12.4 Å². The summed E-state index contributed by atoms with van der Waals surface area (Å²) in [6.07, 6.45) is 6.50. The minimum absolute atomic E-state index is 0.273. The first kappa shape index (κ1) is 15.0. The predicted molar refractivity (Wildman–Crippen MR) is 78.6 cm³/mol. The quantitative estimate of drug-likeness (QED) is 0.856. The fourth-order valence-corrected chi connectivity index (χ4v) is 2.66. The normalized spacial score (nSPS) is 15.7. The maximum Gasteiger partial charge on any atom is 0.124 e. The number of hydrogen-bond acceptors (Lipinski definition) is 2. The summed E-state index contributed by atoms with van der Waals surface area (Å²) in [5, 5.41) is 0. The van der Waals surface area contributed by atoms with Crippen molar-refractivity contribution in [3.05, 3.63) is 35.1 Å². The maximum absolute atomic E-state index is 13.5. The minimum atomic E-state index is -0.273. The molecule has 2 nitrogen and oxygen atoms in total. The highest BCUT2D eigenvalue weighted by Gasteiger charge is 2.13. The van der Waals surface area contributed by atoms with Crippen molar-refractivity contribution < 1.29 is 9.13 Å². The van der Waals surface area contributed by atoms with Gasteiger partial charge in [-0.05, 0) is 42.5 Å². The number of hydrogen-bond donors (Lipinski definition) is 1. The third-order valence-electron chi connectivity index (χ3n) is 3.64. The summed E-state index contributed by atoms with van der Waals surface area (Å²) in [6, 6.07) is 4.80. The van der Waals surface area contributed by atoms with Crippen LogP contribution in [-0.2, 0) is 11.3 Å². The molecule has 0 spiro atoms. The second-order valence-corrected chi connectivity index (χ2v) is 5.37. The Morgan fingerprint density at radius 3 is 2.75 bits per heavy atom. The lowest BCUT2D eigenvalue weighted by molar-refractivity contribution is 0.0738. The fraction of sp³-hybridized carbons (Fsp3) is 0.529. The van der Waals surface area contributed by atoms with Crippen molar-refractivity contribution in [1.29, 1.82) is 0 Å². The molecular formula is C17H22FNO. The Morgan fingerprint density at radius 2 is 2.00 bits per heavy atom. The van der Waals surface area contributed by atoms with Crippen molar-refractivity contribution in [2.24, 2.45) is 11.7 Å². The molecule has 0 aliphatic heterocycles. The van der Waals surface area contributed by atoms with Gasteiger partial charge < -0.3 is 10.5 Å². The molecule has 2 N–H and O–H groups in total. The van der Waals surface area contributed by atoms with Gasteiger partial charge in [-0.2, -0.15) is 0 Å². The largest absolute Gasteiger partial charge is 0.376 e. The van der Waals surface area contributed by atoms with Gasteiger partial charge in [-0.3, -0.25) is 0 Å². The second-order valence-electron chi connectivity index (χ2n) is 5.37. The van der Waals surface area contributed by atoms with E-state index in [9.17, 15) is 4.39 Å². The average Bonchev–Trinajstić information content (AvgIpc) is 2.46. The highest BCUT2D eigenvalue weighted by molar-refractivity contribution is 5.37. The molecule has 1 aromatic carbocycles. The molecule has 0 radical (unpaired) electrons. The summed E-state index contributed by atoms with van der Waals surface area (Å²) >= 11 is 0. The van der Waals surface area contributed by atoms with Crippen LogP contribution in [0.25, 0.3) is 0 Å². The van der Waals surface area contributed by atoms with Crippen molar-refractivity contribution in [2.45, 2.75) is 38.7 Å². The van der Waals surface area contributed by atoms with E-state index in [4.69, 9.17) is 10.5 Å². The highest BCUT2D eigenvalue weighted by Crippen LogP contribution is 2.24. The molecule has 1 aliphatic carbocycles. The summed E-state index contributed by atoms with van der Waals surface area (Å²) in [5.74, 6) is 5.99. The zero-order valence-corrected chi connectivity index (χ0v) is 11.8. The lowest BCUT2D eigenvalue weighted by atomic mass is 9.90. The van der Waals surface area contributed by atoms with Crippen LogP contribution in [0.3, 0.4) is 0 Å². The molecule has 2 rings (SSSR count). The average molecular weight is 275 g/mol. The molecule has 3 heteroatoms. The number of ether oxygens (including phenoxy) is 1. The first-order valence-electron chi connectivity index (χ1n) is 7.34. The molecular weight excluding hydrogens is 253 g/mol. The number of rotatable bonds is 4. The summed E-state index contributed by atoms with van der Waals surface area (Å²) < 4.78 is 19.2. The molecule has 108 valence electrons. The Kier molecular flexibility index (Phi) is 6.04. The van der Waals surface area contributed by atoms with Crippen LogP contribution in [-0.4, -0.2) is 13.2 Å². The Hall–Kier alpha value is -1.37. The van der Waals surface area contributed by atoms with Gasteiger partial charge in [0.2, 0.25) is 0 Å². The molecule has 1 saturated carbocycles. The fourth-order valence-electron chi connectivity index (χ4n) is 2.66. The zero-order chi connectivity index (χ0) is 14.2. The van der Waals surface area contributed by atoms with Crippen LogP contribution in [0, 0.1) is 23.6 Å². The summed E-state index contributed by atoms with van der Waals surface area (Å²) in [6.45, 7) is 1.51. The number of nitrogens with two attached hydrogens (primary N) is 1. The Morgan fingerprint density at radius 1 is 1.20 bits per heavy atom. The minimum Gasteiger partial charge on any atom is -0.376 e. The number of benzene rings is 1. The van der Waals surface area contributed by atoms with E-state index in [2.05, 4.69) is 11.8 Å². The van der Waals surface area contributed by atoms with Gasteiger partial charge in [0, 0.05) is 12.2 Å². The monoisotopic (exact) mass is 275 g/mol. The van der Waals surface area contributed by atoms with E-state index < -0.39 is 0 Å². The van der Waals surface area contributed by atoms with Gasteiger partial charge in [0.25, 0.3) is 0 Å². The number of halogens is 1.